The van der Waals surface area contributed by atoms with Gasteiger partial charge in [-0.05, 0) is 68.3 Å². The monoisotopic (exact) mass is 445 g/mol. The number of nitrogens with zero attached hydrogens (tertiary/aromatic N) is 1. The van der Waals surface area contributed by atoms with Gasteiger partial charge in [-0.1, -0.05) is 12.1 Å². The number of nitrogens with one attached hydrogen (secondary N) is 2. The van der Waals surface area contributed by atoms with Crippen LogP contribution in [0.1, 0.15) is 24.8 Å². The van der Waals surface area contributed by atoms with Crippen LogP contribution in [0.15, 0.2) is 53.4 Å². The van der Waals surface area contributed by atoms with Crippen LogP contribution in [0, 0.1) is 0 Å². The van der Waals surface area contributed by atoms with Crippen LogP contribution in [0.5, 0.6) is 5.75 Å². The predicted molar refractivity (Wildman–Crippen MR) is 117 cm³/mol. The van der Waals surface area contributed by atoms with Crippen LogP contribution in [0.4, 0.5) is 5.69 Å². The van der Waals surface area contributed by atoms with Gasteiger partial charge in [0, 0.05) is 18.7 Å². The number of likely N-dealkylation sites (tertiary alicyclic amines) is 1. The third-order valence-electron chi connectivity index (χ3n) is 5.36. The van der Waals surface area contributed by atoms with Gasteiger partial charge in [-0.25, -0.2) is 13.1 Å². The first kappa shape index (κ1) is 22.8. The third-order valence-corrected chi connectivity index (χ3v) is 6.79. The van der Waals surface area contributed by atoms with E-state index in [4.69, 9.17) is 4.74 Å². The molecular weight excluding hydrogens is 418 g/mol. The summed E-state index contributed by atoms with van der Waals surface area (Å²) < 4.78 is 31.0. The molecule has 0 spiro atoms. The fourth-order valence-electron chi connectivity index (χ4n) is 3.59. The van der Waals surface area contributed by atoms with Crippen LogP contribution >= 0.6 is 0 Å². The number of ether oxygens (including phenoxy) is 1. The van der Waals surface area contributed by atoms with Crippen molar-refractivity contribution in [1.82, 2.24) is 9.62 Å². The number of anilines is 1. The van der Waals surface area contributed by atoms with Crippen molar-refractivity contribution in [3.8, 4) is 5.75 Å². The van der Waals surface area contributed by atoms with Gasteiger partial charge in [0.25, 0.3) is 0 Å². The summed E-state index contributed by atoms with van der Waals surface area (Å²) in [6.07, 6.45) is 2.14. The number of hydrogen-bond donors (Lipinski definition) is 2. The molecule has 2 aromatic carbocycles. The Bertz CT molecular complexity index is 1020. The van der Waals surface area contributed by atoms with Crippen molar-refractivity contribution in [3.05, 3.63) is 54.1 Å². The molecule has 1 heterocycles. The van der Waals surface area contributed by atoms with E-state index in [-0.39, 0.29) is 23.1 Å². The highest BCUT2D eigenvalue weighted by molar-refractivity contribution is 7.89. The van der Waals surface area contributed by atoms with Crippen molar-refractivity contribution in [2.45, 2.75) is 36.6 Å². The number of carbonyl (C=O) groups is 2. The zero-order chi connectivity index (χ0) is 22.4. The summed E-state index contributed by atoms with van der Waals surface area (Å²) in [5, 5.41) is 2.87. The normalized spacial score (nSPS) is 16.2. The molecule has 2 N–H and O–H groups in total. The van der Waals surface area contributed by atoms with Crippen LogP contribution in [0.3, 0.4) is 0 Å². The molecule has 2 amide bonds. The average molecular weight is 446 g/mol. The van der Waals surface area contributed by atoms with Gasteiger partial charge in [-0.2, -0.15) is 0 Å². The lowest BCUT2D eigenvalue weighted by atomic mass is 10.1. The highest BCUT2D eigenvalue weighted by Gasteiger charge is 2.33. The summed E-state index contributed by atoms with van der Waals surface area (Å²) in [5.74, 6) is 0.421. The van der Waals surface area contributed by atoms with Crippen molar-refractivity contribution in [2.24, 2.45) is 0 Å². The van der Waals surface area contributed by atoms with Crippen molar-refractivity contribution in [3.63, 3.8) is 0 Å². The zero-order valence-corrected chi connectivity index (χ0v) is 18.4. The standard InChI is InChI=1S/C22H27N3O5S/c1-23-31(28,29)19-12-5-16(6-13-19)7-14-21(26)25-15-3-4-20(25)22(27)24-17-8-10-18(30-2)11-9-17/h5-6,8-13,20,23H,3-4,7,14-15H2,1-2H3,(H,24,27). The Hall–Kier alpha value is -2.91. The second-order valence-electron chi connectivity index (χ2n) is 7.31. The number of aryl methyl sites for hydroxylation is 1. The molecule has 0 bridgehead atoms. The fraction of sp³-hybridized carbons (Fsp3) is 0.364. The van der Waals surface area contributed by atoms with E-state index in [0.29, 0.717) is 30.8 Å². The highest BCUT2D eigenvalue weighted by Crippen LogP contribution is 2.22. The maximum absolute atomic E-state index is 12.8. The van der Waals surface area contributed by atoms with Crippen LogP contribution < -0.4 is 14.8 Å². The number of sulfonamides is 1. The maximum Gasteiger partial charge on any atom is 0.247 e. The van der Waals surface area contributed by atoms with Gasteiger partial charge in [-0.3, -0.25) is 9.59 Å². The molecule has 9 heteroatoms. The lowest BCUT2D eigenvalue weighted by Crippen LogP contribution is -2.43. The van der Waals surface area contributed by atoms with Gasteiger partial charge in [0.05, 0.1) is 12.0 Å². The molecule has 1 aliphatic rings. The van der Waals surface area contributed by atoms with E-state index in [0.717, 1.165) is 12.0 Å². The molecule has 0 aromatic heterocycles. The Balaban J connectivity index is 1.57. The first-order valence-electron chi connectivity index (χ1n) is 10.1. The number of benzene rings is 2. The van der Waals surface area contributed by atoms with E-state index in [1.165, 1.54) is 19.2 Å². The molecule has 0 radical (unpaired) electrons. The van der Waals surface area contributed by atoms with Gasteiger partial charge in [-0.15, -0.1) is 0 Å². The summed E-state index contributed by atoms with van der Waals surface area (Å²) in [6, 6.07) is 13.0. The minimum Gasteiger partial charge on any atom is -0.497 e. The van der Waals surface area contributed by atoms with Crippen LogP contribution in [-0.2, 0) is 26.0 Å². The molecule has 31 heavy (non-hydrogen) atoms. The summed E-state index contributed by atoms with van der Waals surface area (Å²) in [5.41, 5.74) is 1.52. The van der Waals surface area contributed by atoms with Gasteiger partial charge in [0.1, 0.15) is 11.8 Å². The number of hydrogen-bond acceptors (Lipinski definition) is 5. The van der Waals surface area contributed by atoms with Gasteiger partial charge in [0.15, 0.2) is 0 Å². The van der Waals surface area contributed by atoms with Crippen molar-refractivity contribution in [2.75, 3.05) is 26.0 Å². The van der Waals surface area contributed by atoms with E-state index in [9.17, 15) is 18.0 Å². The van der Waals surface area contributed by atoms with E-state index in [2.05, 4.69) is 10.0 Å². The second kappa shape index (κ2) is 9.93. The summed E-state index contributed by atoms with van der Waals surface area (Å²) in [4.78, 5) is 27.3. The molecule has 8 nitrogen and oxygen atoms in total. The number of carbonyl (C=O) groups excluding carboxylic acids is 2. The lowest BCUT2D eigenvalue weighted by molar-refractivity contribution is -0.136. The first-order chi connectivity index (χ1) is 14.8. The highest BCUT2D eigenvalue weighted by atomic mass is 32.2. The van der Waals surface area contributed by atoms with E-state index >= 15 is 0 Å². The smallest absolute Gasteiger partial charge is 0.247 e. The molecule has 3 rings (SSSR count). The second-order valence-corrected chi connectivity index (χ2v) is 9.20. The average Bonchev–Trinajstić information content (AvgIpc) is 3.28. The van der Waals surface area contributed by atoms with E-state index < -0.39 is 16.1 Å². The topological polar surface area (TPSA) is 105 Å². The van der Waals surface area contributed by atoms with E-state index in [1.807, 2.05) is 0 Å². The SMILES string of the molecule is CNS(=O)(=O)c1ccc(CCC(=O)N2CCCC2C(=O)Nc2ccc(OC)cc2)cc1. The molecule has 166 valence electrons. The largest absolute Gasteiger partial charge is 0.497 e. The molecule has 1 atom stereocenters. The summed E-state index contributed by atoms with van der Waals surface area (Å²) in [6.45, 7) is 0.554. The number of methoxy groups -OCH3 is 1. The third kappa shape index (κ3) is 5.62. The van der Waals surface area contributed by atoms with Crippen LogP contribution in [0.25, 0.3) is 0 Å². The van der Waals surface area contributed by atoms with Crippen LogP contribution in [0.2, 0.25) is 0 Å². The zero-order valence-electron chi connectivity index (χ0n) is 17.6. The van der Waals surface area contributed by atoms with Crippen molar-refractivity contribution in [1.29, 1.82) is 0 Å². The number of amides is 2. The van der Waals surface area contributed by atoms with Gasteiger partial charge < -0.3 is 15.0 Å². The Morgan fingerprint density at radius 2 is 1.77 bits per heavy atom. The first-order valence-corrected chi connectivity index (χ1v) is 11.6. The Kier molecular flexibility index (Phi) is 7.29. The van der Waals surface area contributed by atoms with Gasteiger partial charge in [0.2, 0.25) is 21.8 Å². The maximum atomic E-state index is 12.8. The lowest BCUT2D eigenvalue weighted by Gasteiger charge is -2.24. The van der Waals surface area contributed by atoms with Gasteiger partial charge >= 0.3 is 0 Å². The minimum atomic E-state index is -3.48. The molecule has 0 saturated carbocycles. The molecule has 1 unspecified atom stereocenters. The Morgan fingerprint density at radius 3 is 2.39 bits per heavy atom. The summed E-state index contributed by atoms with van der Waals surface area (Å²) in [7, 11) is -0.545. The van der Waals surface area contributed by atoms with E-state index in [1.54, 1.807) is 48.4 Å². The Labute approximate surface area is 182 Å². The fourth-order valence-corrected chi connectivity index (χ4v) is 4.32. The van der Waals surface area contributed by atoms with Crippen LogP contribution in [-0.4, -0.2) is 51.9 Å². The van der Waals surface area contributed by atoms with Crippen molar-refractivity contribution >= 4 is 27.5 Å². The minimum absolute atomic E-state index is 0.0840. The number of rotatable bonds is 8. The molecule has 2 aromatic rings. The predicted octanol–water partition coefficient (Wildman–Crippen LogP) is 2.17. The summed E-state index contributed by atoms with van der Waals surface area (Å²) >= 11 is 0. The molecule has 1 fully saturated rings. The molecule has 1 aliphatic heterocycles. The Morgan fingerprint density at radius 1 is 1.10 bits per heavy atom. The molecular formula is C22H27N3O5S. The quantitative estimate of drug-likeness (QED) is 0.648. The molecule has 1 saturated heterocycles. The molecule has 0 aliphatic carbocycles. The van der Waals surface area contributed by atoms with Crippen molar-refractivity contribution < 1.29 is 22.7 Å².